The smallest absolute Gasteiger partial charge is 0.258 e. The number of carbonyl (C=O) groups is 1. The second kappa shape index (κ2) is 6.34. The van der Waals surface area contributed by atoms with Gasteiger partial charge in [-0.05, 0) is 36.4 Å². The predicted molar refractivity (Wildman–Crippen MR) is 93.0 cm³/mol. The maximum Gasteiger partial charge on any atom is 0.258 e. The topological polar surface area (TPSA) is 60.5 Å². The summed E-state index contributed by atoms with van der Waals surface area (Å²) in [7, 11) is 0. The van der Waals surface area contributed by atoms with Gasteiger partial charge in [-0.15, -0.1) is 11.3 Å². The van der Waals surface area contributed by atoms with Crippen LogP contribution in [0.25, 0.3) is 11.3 Å². The lowest BCUT2D eigenvalue weighted by Gasteiger charge is -2.04. The molecule has 0 fully saturated rings. The minimum Gasteiger partial charge on any atom is -0.454 e. The maximum atomic E-state index is 13.1. The molecule has 1 aliphatic heterocycles. The Morgan fingerprint density at radius 3 is 2.88 bits per heavy atom. The van der Waals surface area contributed by atoms with Crippen molar-refractivity contribution in [2.24, 2.45) is 0 Å². The number of hydrogen-bond acceptors (Lipinski definition) is 5. The van der Waals surface area contributed by atoms with E-state index in [4.69, 9.17) is 21.1 Å². The molecule has 0 unspecified atom stereocenters. The summed E-state index contributed by atoms with van der Waals surface area (Å²) in [4.78, 5) is 16.6. The molecule has 0 spiro atoms. The van der Waals surface area contributed by atoms with E-state index in [9.17, 15) is 9.18 Å². The molecule has 0 aliphatic carbocycles. The Hall–Kier alpha value is -2.64. The molecule has 25 heavy (non-hydrogen) atoms. The van der Waals surface area contributed by atoms with Crippen LogP contribution in [0.4, 0.5) is 9.52 Å². The molecule has 8 heteroatoms. The van der Waals surface area contributed by atoms with Gasteiger partial charge in [-0.1, -0.05) is 11.6 Å². The number of hydrogen-bond donors (Lipinski definition) is 1. The quantitative estimate of drug-likeness (QED) is 0.726. The van der Waals surface area contributed by atoms with Gasteiger partial charge in [0.1, 0.15) is 5.82 Å². The molecule has 2 heterocycles. The van der Waals surface area contributed by atoms with E-state index in [2.05, 4.69) is 10.3 Å². The van der Waals surface area contributed by atoms with Crippen molar-refractivity contribution in [1.82, 2.24) is 4.98 Å². The summed E-state index contributed by atoms with van der Waals surface area (Å²) >= 11 is 7.18. The molecule has 126 valence electrons. The normalized spacial score (nSPS) is 12.2. The number of ether oxygens (including phenoxy) is 2. The van der Waals surface area contributed by atoms with E-state index < -0.39 is 11.7 Å². The summed E-state index contributed by atoms with van der Waals surface area (Å²) in [6.07, 6.45) is 0. The van der Waals surface area contributed by atoms with Crippen molar-refractivity contribution in [2.45, 2.75) is 0 Å². The minimum atomic E-state index is -0.499. The monoisotopic (exact) mass is 376 g/mol. The number of rotatable bonds is 3. The van der Waals surface area contributed by atoms with E-state index in [0.717, 1.165) is 11.6 Å². The van der Waals surface area contributed by atoms with Crippen molar-refractivity contribution in [3.05, 3.63) is 58.2 Å². The largest absolute Gasteiger partial charge is 0.454 e. The highest BCUT2D eigenvalue weighted by Gasteiger charge is 2.16. The Bertz CT molecular complexity index is 976. The zero-order valence-electron chi connectivity index (χ0n) is 12.6. The zero-order valence-corrected chi connectivity index (χ0v) is 14.2. The van der Waals surface area contributed by atoms with Crippen LogP contribution >= 0.6 is 22.9 Å². The highest BCUT2D eigenvalue weighted by atomic mass is 35.5. The fourth-order valence-corrected chi connectivity index (χ4v) is 3.33. The molecule has 5 nitrogen and oxygen atoms in total. The Morgan fingerprint density at radius 2 is 2.04 bits per heavy atom. The van der Waals surface area contributed by atoms with Gasteiger partial charge in [0, 0.05) is 10.9 Å². The summed E-state index contributed by atoms with van der Waals surface area (Å²) in [6, 6.07) is 9.12. The first-order chi connectivity index (χ1) is 12.1. The number of halogens is 2. The first kappa shape index (κ1) is 15.9. The molecule has 0 bridgehead atoms. The predicted octanol–water partition coefficient (Wildman–Crippen LogP) is 4.58. The molecule has 3 aromatic rings. The Balaban J connectivity index is 1.54. The van der Waals surface area contributed by atoms with Gasteiger partial charge in [0.15, 0.2) is 16.6 Å². The summed E-state index contributed by atoms with van der Waals surface area (Å²) in [6.45, 7) is 0.204. The summed E-state index contributed by atoms with van der Waals surface area (Å²) in [5.41, 5.74) is 1.73. The Kier molecular flexibility index (Phi) is 4.03. The van der Waals surface area contributed by atoms with Crippen molar-refractivity contribution in [1.29, 1.82) is 0 Å². The van der Waals surface area contributed by atoms with Crippen molar-refractivity contribution in [3.63, 3.8) is 0 Å². The van der Waals surface area contributed by atoms with E-state index in [1.54, 1.807) is 0 Å². The van der Waals surface area contributed by atoms with Crippen LogP contribution in [0.1, 0.15) is 10.4 Å². The average molecular weight is 377 g/mol. The lowest BCUT2D eigenvalue weighted by molar-refractivity contribution is 0.102. The SMILES string of the molecule is O=C(Nc1nc(-c2ccc3c(c2)OCO3)cs1)c1ccc(F)cc1Cl. The van der Waals surface area contributed by atoms with Crippen LogP contribution in [0.3, 0.4) is 0 Å². The van der Waals surface area contributed by atoms with E-state index >= 15 is 0 Å². The molecule has 0 radical (unpaired) electrons. The van der Waals surface area contributed by atoms with E-state index in [-0.39, 0.29) is 17.4 Å². The molecule has 1 aromatic heterocycles. The fourth-order valence-electron chi connectivity index (χ4n) is 2.36. The number of nitrogens with zero attached hydrogens (tertiary/aromatic N) is 1. The molecular weight excluding hydrogens is 367 g/mol. The lowest BCUT2D eigenvalue weighted by Crippen LogP contribution is -2.12. The number of carbonyl (C=O) groups excluding carboxylic acids is 1. The van der Waals surface area contributed by atoms with Crippen LogP contribution in [0.15, 0.2) is 41.8 Å². The zero-order chi connectivity index (χ0) is 17.4. The number of thiazole rings is 1. The first-order valence-electron chi connectivity index (χ1n) is 7.22. The van der Waals surface area contributed by atoms with Gasteiger partial charge in [0.2, 0.25) is 6.79 Å². The number of aromatic nitrogens is 1. The summed E-state index contributed by atoms with van der Waals surface area (Å²) < 4.78 is 23.7. The van der Waals surface area contributed by atoms with Gasteiger partial charge in [-0.2, -0.15) is 0 Å². The molecular formula is C17H10ClFN2O3S. The van der Waals surface area contributed by atoms with Crippen molar-refractivity contribution in [3.8, 4) is 22.8 Å². The molecule has 1 aliphatic rings. The molecule has 0 saturated carbocycles. The third kappa shape index (κ3) is 3.16. The highest BCUT2D eigenvalue weighted by Crippen LogP contribution is 2.36. The van der Waals surface area contributed by atoms with Crippen molar-refractivity contribution >= 4 is 34.0 Å². The number of nitrogens with one attached hydrogen (secondary N) is 1. The van der Waals surface area contributed by atoms with Crippen LogP contribution in [0.2, 0.25) is 5.02 Å². The number of benzene rings is 2. The average Bonchev–Trinajstić information content (AvgIpc) is 3.22. The summed E-state index contributed by atoms with van der Waals surface area (Å²) in [5.74, 6) is 0.408. The number of anilines is 1. The van der Waals surface area contributed by atoms with Crippen LogP contribution in [0.5, 0.6) is 11.5 Å². The summed E-state index contributed by atoms with van der Waals surface area (Å²) in [5, 5.41) is 4.95. The molecule has 1 amide bonds. The Labute approximate surface area is 151 Å². The first-order valence-corrected chi connectivity index (χ1v) is 8.48. The number of fused-ring (bicyclic) bond motifs is 1. The highest BCUT2D eigenvalue weighted by molar-refractivity contribution is 7.14. The molecule has 4 rings (SSSR count). The lowest BCUT2D eigenvalue weighted by atomic mass is 10.1. The van der Waals surface area contributed by atoms with Crippen LogP contribution in [-0.4, -0.2) is 17.7 Å². The van der Waals surface area contributed by atoms with Crippen LogP contribution < -0.4 is 14.8 Å². The Morgan fingerprint density at radius 1 is 1.20 bits per heavy atom. The molecule has 0 atom stereocenters. The molecule has 1 N–H and O–H groups in total. The van der Waals surface area contributed by atoms with Crippen LogP contribution in [0, 0.1) is 5.82 Å². The van der Waals surface area contributed by atoms with E-state index in [1.807, 2.05) is 23.6 Å². The van der Waals surface area contributed by atoms with Crippen LogP contribution in [-0.2, 0) is 0 Å². The third-order valence-corrected chi connectivity index (χ3v) is 4.64. The van der Waals surface area contributed by atoms with Gasteiger partial charge in [-0.25, -0.2) is 9.37 Å². The van der Waals surface area contributed by atoms with Gasteiger partial charge in [0.05, 0.1) is 16.3 Å². The third-order valence-electron chi connectivity index (χ3n) is 3.57. The minimum absolute atomic E-state index is 0.0463. The van der Waals surface area contributed by atoms with Gasteiger partial charge in [0.25, 0.3) is 5.91 Å². The fraction of sp³-hybridized carbons (Fsp3) is 0.0588. The van der Waals surface area contributed by atoms with Crippen molar-refractivity contribution in [2.75, 3.05) is 12.1 Å². The van der Waals surface area contributed by atoms with E-state index in [1.165, 1.54) is 23.5 Å². The number of amides is 1. The van der Waals surface area contributed by atoms with Gasteiger partial charge < -0.3 is 9.47 Å². The maximum absolute atomic E-state index is 13.1. The standard InChI is InChI=1S/C17H10ClFN2O3S/c18-12-6-10(19)2-3-11(12)16(22)21-17-20-13(7-25-17)9-1-4-14-15(5-9)24-8-23-14/h1-7H,8H2,(H,20,21,22). The second-order valence-corrected chi connectivity index (χ2v) is 6.45. The van der Waals surface area contributed by atoms with Gasteiger partial charge in [-0.3, -0.25) is 10.1 Å². The van der Waals surface area contributed by atoms with Crippen molar-refractivity contribution < 1.29 is 18.7 Å². The molecule has 2 aromatic carbocycles. The molecule has 0 saturated heterocycles. The van der Waals surface area contributed by atoms with E-state index in [0.29, 0.717) is 22.3 Å². The van der Waals surface area contributed by atoms with Gasteiger partial charge >= 0.3 is 0 Å². The second-order valence-electron chi connectivity index (χ2n) is 5.18.